The van der Waals surface area contributed by atoms with Gasteiger partial charge in [-0.25, -0.2) is 0 Å². The van der Waals surface area contributed by atoms with Crippen LogP contribution >= 0.6 is 0 Å². The lowest BCUT2D eigenvalue weighted by Gasteiger charge is -2.25. The second-order valence-corrected chi connectivity index (χ2v) is 7.49. The third-order valence-corrected chi connectivity index (χ3v) is 5.33. The average molecular weight is 362 g/mol. The van der Waals surface area contributed by atoms with Crippen LogP contribution in [0.1, 0.15) is 34.9 Å². The van der Waals surface area contributed by atoms with Gasteiger partial charge in [0, 0.05) is 19.3 Å². The molecule has 1 unspecified atom stereocenters. The van der Waals surface area contributed by atoms with E-state index < -0.39 is 0 Å². The van der Waals surface area contributed by atoms with Crippen LogP contribution in [0.15, 0.2) is 54.7 Å². The van der Waals surface area contributed by atoms with E-state index in [1.807, 2.05) is 35.9 Å². The van der Waals surface area contributed by atoms with Gasteiger partial charge >= 0.3 is 0 Å². The van der Waals surface area contributed by atoms with Crippen molar-refractivity contribution >= 4 is 16.7 Å². The summed E-state index contributed by atoms with van der Waals surface area (Å²) in [5.74, 6) is 0.0361. The van der Waals surface area contributed by atoms with Gasteiger partial charge in [0.25, 0.3) is 5.91 Å². The number of fused-ring (bicyclic) bond motifs is 1. The first kappa shape index (κ1) is 17.7. The molecule has 4 rings (SSSR count). The molecule has 1 aliphatic rings. The number of aromatic nitrogens is 2. The predicted molar refractivity (Wildman–Crippen MR) is 108 cm³/mol. The lowest BCUT2D eigenvalue weighted by Crippen LogP contribution is -2.31. The molecule has 5 heteroatoms. The van der Waals surface area contributed by atoms with Crippen LogP contribution in [0.2, 0.25) is 0 Å². The number of benzene rings is 2. The Morgan fingerprint density at radius 2 is 1.96 bits per heavy atom. The molecular formula is C22H26N4O. The van der Waals surface area contributed by atoms with E-state index in [4.69, 9.17) is 0 Å². The summed E-state index contributed by atoms with van der Waals surface area (Å²) in [7, 11) is 4.07. The molecule has 1 aliphatic heterocycles. The second-order valence-electron chi connectivity index (χ2n) is 7.49. The summed E-state index contributed by atoms with van der Waals surface area (Å²) in [6.07, 6.45) is 3.93. The fourth-order valence-electron chi connectivity index (χ4n) is 3.92. The first-order valence-electron chi connectivity index (χ1n) is 9.60. The fraction of sp³-hybridized carbons (Fsp3) is 0.364. The molecule has 1 saturated heterocycles. The lowest BCUT2D eigenvalue weighted by molar-refractivity contribution is 0.0729. The van der Waals surface area contributed by atoms with Crippen molar-refractivity contribution in [3.8, 4) is 0 Å². The molecule has 0 saturated carbocycles. The van der Waals surface area contributed by atoms with Crippen molar-refractivity contribution in [2.75, 3.05) is 27.2 Å². The molecule has 0 bridgehead atoms. The molecule has 0 N–H and O–H groups in total. The Hall–Kier alpha value is -2.66. The zero-order chi connectivity index (χ0) is 18.8. The van der Waals surface area contributed by atoms with Gasteiger partial charge in [-0.1, -0.05) is 42.5 Å². The normalized spacial score (nSPS) is 17.1. The Kier molecular flexibility index (Phi) is 4.94. The second kappa shape index (κ2) is 7.53. The van der Waals surface area contributed by atoms with E-state index >= 15 is 0 Å². The van der Waals surface area contributed by atoms with Crippen molar-refractivity contribution in [2.45, 2.75) is 25.4 Å². The molecule has 0 spiro atoms. The standard InChI is InChI=1S/C22H26N4O/c1-24(2)15-16-25-14-12-20(23-25)22(27)26-13-6-11-21(26)19-10-5-8-17-7-3-4-9-18(17)19/h3-5,7-10,12,14,21H,6,11,13,15-16H2,1-2H3. The summed E-state index contributed by atoms with van der Waals surface area (Å²) in [5, 5.41) is 6.98. The van der Waals surface area contributed by atoms with Gasteiger partial charge in [-0.15, -0.1) is 0 Å². The molecule has 1 atom stereocenters. The maximum atomic E-state index is 13.2. The number of amides is 1. The largest absolute Gasteiger partial charge is 0.330 e. The Morgan fingerprint density at radius 3 is 2.81 bits per heavy atom. The van der Waals surface area contributed by atoms with Crippen molar-refractivity contribution < 1.29 is 4.79 Å². The number of rotatable bonds is 5. The zero-order valence-electron chi connectivity index (χ0n) is 16.0. The Labute approximate surface area is 160 Å². The number of likely N-dealkylation sites (N-methyl/N-ethyl adjacent to an activating group) is 1. The molecule has 2 aromatic carbocycles. The van der Waals surface area contributed by atoms with Gasteiger partial charge < -0.3 is 9.80 Å². The Bertz CT molecular complexity index is 941. The Balaban J connectivity index is 1.59. The maximum absolute atomic E-state index is 13.2. The average Bonchev–Trinajstić information content (AvgIpc) is 3.35. The molecular weight excluding hydrogens is 336 g/mol. The summed E-state index contributed by atoms with van der Waals surface area (Å²) in [6.45, 7) is 2.47. The molecule has 2 heterocycles. The van der Waals surface area contributed by atoms with Crippen molar-refractivity contribution in [1.29, 1.82) is 0 Å². The number of nitrogens with zero attached hydrogens (tertiary/aromatic N) is 4. The molecule has 1 amide bonds. The van der Waals surface area contributed by atoms with Crippen LogP contribution in [-0.2, 0) is 6.54 Å². The first-order valence-corrected chi connectivity index (χ1v) is 9.60. The molecule has 0 radical (unpaired) electrons. The van der Waals surface area contributed by atoms with Gasteiger partial charge in [-0.3, -0.25) is 9.48 Å². The minimum absolute atomic E-state index is 0.0361. The van der Waals surface area contributed by atoms with Gasteiger partial charge in [0.05, 0.1) is 12.6 Å². The molecule has 5 nitrogen and oxygen atoms in total. The quantitative estimate of drug-likeness (QED) is 0.697. The van der Waals surface area contributed by atoms with E-state index in [2.05, 4.69) is 52.5 Å². The highest BCUT2D eigenvalue weighted by molar-refractivity contribution is 5.93. The zero-order valence-corrected chi connectivity index (χ0v) is 16.0. The maximum Gasteiger partial charge on any atom is 0.274 e. The monoisotopic (exact) mass is 362 g/mol. The van der Waals surface area contributed by atoms with Crippen LogP contribution in [-0.4, -0.2) is 52.7 Å². The van der Waals surface area contributed by atoms with Crippen LogP contribution in [0, 0.1) is 0 Å². The molecule has 1 aromatic heterocycles. The first-order chi connectivity index (χ1) is 13.1. The predicted octanol–water partition coefficient (Wildman–Crippen LogP) is 3.58. The number of hydrogen-bond acceptors (Lipinski definition) is 3. The van der Waals surface area contributed by atoms with E-state index in [-0.39, 0.29) is 11.9 Å². The molecule has 0 aliphatic carbocycles. The fourth-order valence-corrected chi connectivity index (χ4v) is 3.92. The summed E-state index contributed by atoms with van der Waals surface area (Å²) in [6, 6.07) is 16.8. The summed E-state index contributed by atoms with van der Waals surface area (Å²) in [4.78, 5) is 17.3. The van der Waals surface area contributed by atoms with Gasteiger partial charge in [-0.05, 0) is 49.3 Å². The van der Waals surface area contributed by atoms with E-state index in [9.17, 15) is 4.79 Å². The van der Waals surface area contributed by atoms with Crippen LogP contribution in [0.5, 0.6) is 0 Å². The molecule has 1 fully saturated rings. The number of hydrogen-bond donors (Lipinski definition) is 0. The van der Waals surface area contributed by atoms with E-state index in [1.165, 1.54) is 16.3 Å². The van der Waals surface area contributed by atoms with Crippen molar-refractivity contribution in [2.24, 2.45) is 0 Å². The van der Waals surface area contributed by atoms with Crippen LogP contribution in [0.25, 0.3) is 10.8 Å². The smallest absolute Gasteiger partial charge is 0.274 e. The van der Waals surface area contributed by atoms with Crippen molar-refractivity contribution in [3.63, 3.8) is 0 Å². The number of likely N-dealkylation sites (tertiary alicyclic amines) is 1. The van der Waals surface area contributed by atoms with Crippen LogP contribution in [0.4, 0.5) is 0 Å². The summed E-state index contributed by atoms with van der Waals surface area (Å²) < 4.78 is 1.86. The Morgan fingerprint density at radius 1 is 1.15 bits per heavy atom. The van der Waals surface area contributed by atoms with Crippen molar-refractivity contribution in [3.05, 3.63) is 66.0 Å². The molecule has 3 aromatic rings. The van der Waals surface area contributed by atoms with Crippen LogP contribution < -0.4 is 0 Å². The third-order valence-electron chi connectivity index (χ3n) is 5.33. The SMILES string of the molecule is CN(C)CCn1ccc(C(=O)N2CCCC2c2cccc3ccccc23)n1. The van der Waals surface area contributed by atoms with Crippen molar-refractivity contribution in [1.82, 2.24) is 19.6 Å². The van der Waals surface area contributed by atoms with E-state index in [0.29, 0.717) is 5.69 Å². The number of carbonyl (C=O) groups excluding carboxylic acids is 1. The molecule has 140 valence electrons. The van der Waals surface area contributed by atoms with E-state index in [1.54, 1.807) is 0 Å². The highest BCUT2D eigenvalue weighted by atomic mass is 16.2. The van der Waals surface area contributed by atoms with Gasteiger partial charge in [0.1, 0.15) is 5.69 Å². The topological polar surface area (TPSA) is 41.4 Å². The van der Waals surface area contributed by atoms with Crippen LogP contribution in [0.3, 0.4) is 0 Å². The minimum atomic E-state index is 0.0361. The van der Waals surface area contributed by atoms with E-state index in [0.717, 1.165) is 32.5 Å². The highest BCUT2D eigenvalue weighted by Crippen LogP contribution is 2.36. The summed E-state index contributed by atoms with van der Waals surface area (Å²) in [5.41, 5.74) is 1.78. The van der Waals surface area contributed by atoms with Gasteiger partial charge in [0.2, 0.25) is 0 Å². The molecule has 27 heavy (non-hydrogen) atoms. The number of carbonyl (C=O) groups is 1. The lowest BCUT2D eigenvalue weighted by atomic mass is 9.97. The van der Waals surface area contributed by atoms with Gasteiger partial charge in [-0.2, -0.15) is 5.10 Å². The highest BCUT2D eigenvalue weighted by Gasteiger charge is 2.32. The minimum Gasteiger partial charge on any atom is -0.330 e. The third kappa shape index (κ3) is 3.60. The van der Waals surface area contributed by atoms with Gasteiger partial charge in [0.15, 0.2) is 0 Å². The summed E-state index contributed by atoms with van der Waals surface area (Å²) >= 11 is 0.